The summed E-state index contributed by atoms with van der Waals surface area (Å²) in [5.41, 5.74) is -2.67. The quantitative estimate of drug-likeness (QED) is 0.754. The van der Waals surface area contributed by atoms with Gasteiger partial charge in [0.1, 0.15) is 0 Å². The van der Waals surface area contributed by atoms with Crippen LogP contribution < -0.4 is 5.32 Å². The smallest absolute Gasteiger partial charge is 0.314 e. The summed E-state index contributed by atoms with van der Waals surface area (Å²) in [4.78, 5) is 2.55. The van der Waals surface area contributed by atoms with Gasteiger partial charge in [0.15, 0.2) is 0 Å². The van der Waals surface area contributed by atoms with Crippen LogP contribution in [0.2, 0.25) is 0 Å². The van der Waals surface area contributed by atoms with Crippen LogP contribution in [0.15, 0.2) is 35.7 Å². The number of rotatable bonds is 3. The minimum Gasteiger partial charge on any atom is -0.314 e. The van der Waals surface area contributed by atoms with E-state index >= 15 is 0 Å². The largest absolute Gasteiger partial charge is 0.416 e. The highest BCUT2D eigenvalue weighted by Crippen LogP contribution is 2.42. The van der Waals surface area contributed by atoms with Gasteiger partial charge in [-0.05, 0) is 29.1 Å². The Morgan fingerprint density at radius 3 is 2.19 bits per heavy atom. The molecule has 0 radical (unpaired) electrons. The van der Waals surface area contributed by atoms with E-state index in [1.54, 1.807) is 17.5 Å². The summed E-state index contributed by atoms with van der Waals surface area (Å²) in [5.74, 6) is 0. The normalized spacial score (nSPS) is 18.1. The molecule has 0 aliphatic carbocycles. The number of thiophene rings is 1. The monoisotopic (exact) mass is 394 g/mol. The average Bonchev–Trinajstić information content (AvgIpc) is 3.08. The Bertz CT molecular complexity index is 733. The molecule has 1 aromatic carbocycles. The lowest BCUT2D eigenvalue weighted by Crippen LogP contribution is -2.45. The molecule has 1 N–H and O–H groups in total. The van der Waals surface area contributed by atoms with Gasteiger partial charge in [0.25, 0.3) is 0 Å². The molecule has 26 heavy (non-hydrogen) atoms. The Kier molecular flexibility index (Phi) is 5.32. The zero-order chi connectivity index (χ0) is 18.9. The fourth-order valence-electron chi connectivity index (χ4n) is 3.13. The molecular formula is C17H16F6N2S. The second kappa shape index (κ2) is 7.21. The number of nitrogens with one attached hydrogen (secondary N) is 1. The predicted molar refractivity (Wildman–Crippen MR) is 87.1 cm³/mol. The summed E-state index contributed by atoms with van der Waals surface area (Å²) in [6.45, 7) is 2.26. The van der Waals surface area contributed by atoms with E-state index < -0.39 is 29.5 Å². The zero-order valence-corrected chi connectivity index (χ0v) is 14.3. The summed E-state index contributed by atoms with van der Waals surface area (Å²) in [5, 5.41) is 4.88. The van der Waals surface area contributed by atoms with Gasteiger partial charge in [-0.2, -0.15) is 26.3 Å². The highest BCUT2D eigenvalue weighted by molar-refractivity contribution is 7.10. The Balaban J connectivity index is 2.14. The van der Waals surface area contributed by atoms with Gasteiger partial charge in [-0.3, -0.25) is 4.90 Å². The molecule has 0 unspecified atom stereocenters. The van der Waals surface area contributed by atoms with Crippen molar-refractivity contribution < 1.29 is 26.3 Å². The molecule has 1 aliphatic heterocycles. The molecule has 0 spiro atoms. The number of piperazine rings is 1. The minimum absolute atomic E-state index is 0.144. The molecule has 1 aromatic heterocycles. The van der Waals surface area contributed by atoms with Crippen molar-refractivity contribution in [2.45, 2.75) is 18.4 Å². The summed E-state index contributed by atoms with van der Waals surface area (Å²) in [6.07, 6.45) is -9.70. The molecule has 3 rings (SSSR count). The summed E-state index contributed by atoms with van der Waals surface area (Å²) in [6, 6.07) is 4.64. The standard InChI is InChI=1S/C17H16F6N2S/c18-16(19,20)11-3-4-12(13(10-11)17(21,22)23)15(14-2-1-9-26-14)25-7-5-24-6-8-25/h1-4,9-10,15,24H,5-8H2/t15-/m1/s1. The van der Waals surface area contributed by atoms with E-state index in [1.165, 1.54) is 11.3 Å². The molecule has 0 bridgehead atoms. The van der Waals surface area contributed by atoms with Crippen LogP contribution in [0.5, 0.6) is 0 Å². The Morgan fingerprint density at radius 2 is 1.65 bits per heavy atom. The van der Waals surface area contributed by atoms with Crippen molar-refractivity contribution in [2.75, 3.05) is 26.2 Å². The number of halogens is 6. The molecule has 1 aliphatic rings. The summed E-state index contributed by atoms with van der Waals surface area (Å²) < 4.78 is 79.6. The third-order valence-corrected chi connectivity index (χ3v) is 5.23. The van der Waals surface area contributed by atoms with Crippen molar-refractivity contribution in [2.24, 2.45) is 0 Å². The van der Waals surface area contributed by atoms with Crippen LogP contribution in [0.1, 0.15) is 27.6 Å². The maximum absolute atomic E-state index is 13.6. The Morgan fingerprint density at radius 1 is 0.962 bits per heavy atom. The Hall–Kier alpha value is -1.58. The van der Waals surface area contributed by atoms with Crippen molar-refractivity contribution in [3.8, 4) is 0 Å². The third-order valence-electron chi connectivity index (χ3n) is 4.31. The van der Waals surface area contributed by atoms with E-state index in [9.17, 15) is 26.3 Å². The molecule has 1 atom stereocenters. The first-order valence-corrected chi connectivity index (χ1v) is 8.82. The first kappa shape index (κ1) is 19.2. The van der Waals surface area contributed by atoms with Gasteiger partial charge in [0.05, 0.1) is 17.2 Å². The van der Waals surface area contributed by atoms with Crippen molar-refractivity contribution in [3.63, 3.8) is 0 Å². The van der Waals surface area contributed by atoms with Gasteiger partial charge < -0.3 is 5.32 Å². The molecule has 2 nitrogen and oxygen atoms in total. The van der Waals surface area contributed by atoms with E-state index in [2.05, 4.69) is 5.32 Å². The third kappa shape index (κ3) is 4.05. The maximum atomic E-state index is 13.6. The predicted octanol–water partition coefficient (Wildman–Crippen LogP) is 4.78. The first-order valence-electron chi connectivity index (χ1n) is 7.94. The Labute approximate surface area is 150 Å². The molecule has 1 saturated heterocycles. The second-order valence-electron chi connectivity index (χ2n) is 6.00. The summed E-state index contributed by atoms with van der Waals surface area (Å²) in [7, 11) is 0. The van der Waals surface area contributed by atoms with Crippen molar-refractivity contribution in [1.29, 1.82) is 0 Å². The topological polar surface area (TPSA) is 15.3 Å². The average molecular weight is 394 g/mol. The maximum Gasteiger partial charge on any atom is 0.416 e. The lowest BCUT2D eigenvalue weighted by atomic mass is 9.94. The van der Waals surface area contributed by atoms with E-state index in [-0.39, 0.29) is 11.6 Å². The van der Waals surface area contributed by atoms with Crippen molar-refractivity contribution in [3.05, 3.63) is 57.3 Å². The van der Waals surface area contributed by atoms with Crippen molar-refractivity contribution >= 4 is 11.3 Å². The molecule has 142 valence electrons. The molecular weight excluding hydrogens is 378 g/mol. The van der Waals surface area contributed by atoms with Crippen LogP contribution in [-0.4, -0.2) is 31.1 Å². The number of alkyl halides is 6. The lowest BCUT2D eigenvalue weighted by molar-refractivity contribution is -0.143. The fraction of sp³-hybridized carbons (Fsp3) is 0.412. The minimum atomic E-state index is -4.87. The SMILES string of the molecule is FC(F)(F)c1ccc([C@H](c2cccs2)N2CCNCC2)c(C(F)(F)F)c1. The van der Waals surface area contributed by atoms with E-state index in [0.717, 1.165) is 12.1 Å². The van der Waals surface area contributed by atoms with Crippen LogP contribution in [-0.2, 0) is 12.4 Å². The van der Waals surface area contributed by atoms with Crippen LogP contribution >= 0.6 is 11.3 Å². The highest BCUT2D eigenvalue weighted by atomic mass is 32.1. The first-order chi connectivity index (χ1) is 12.2. The number of nitrogens with zero attached hydrogens (tertiary/aromatic N) is 1. The van der Waals surface area contributed by atoms with Crippen LogP contribution in [0.4, 0.5) is 26.3 Å². The van der Waals surface area contributed by atoms with Gasteiger partial charge in [0, 0.05) is 31.1 Å². The molecule has 0 saturated carbocycles. The van der Waals surface area contributed by atoms with E-state index in [0.29, 0.717) is 31.1 Å². The van der Waals surface area contributed by atoms with Gasteiger partial charge in [-0.15, -0.1) is 11.3 Å². The van der Waals surface area contributed by atoms with Gasteiger partial charge >= 0.3 is 12.4 Å². The van der Waals surface area contributed by atoms with Gasteiger partial charge in [-0.25, -0.2) is 0 Å². The second-order valence-corrected chi connectivity index (χ2v) is 6.98. The molecule has 2 heterocycles. The lowest BCUT2D eigenvalue weighted by Gasteiger charge is -2.36. The number of hydrogen-bond acceptors (Lipinski definition) is 3. The van der Waals surface area contributed by atoms with Crippen molar-refractivity contribution in [1.82, 2.24) is 10.2 Å². The van der Waals surface area contributed by atoms with E-state index in [1.807, 2.05) is 4.90 Å². The van der Waals surface area contributed by atoms with Crippen LogP contribution in [0.3, 0.4) is 0 Å². The molecule has 2 aromatic rings. The van der Waals surface area contributed by atoms with Crippen LogP contribution in [0.25, 0.3) is 0 Å². The van der Waals surface area contributed by atoms with Crippen LogP contribution in [0, 0.1) is 0 Å². The zero-order valence-electron chi connectivity index (χ0n) is 13.5. The summed E-state index contributed by atoms with van der Waals surface area (Å²) >= 11 is 1.30. The fourth-order valence-corrected chi connectivity index (χ4v) is 4.01. The van der Waals surface area contributed by atoms with Gasteiger partial charge in [-0.1, -0.05) is 12.1 Å². The molecule has 1 fully saturated rings. The number of benzene rings is 1. The molecule has 0 amide bonds. The molecule has 9 heteroatoms. The van der Waals surface area contributed by atoms with E-state index in [4.69, 9.17) is 0 Å². The number of hydrogen-bond donors (Lipinski definition) is 1. The highest BCUT2D eigenvalue weighted by Gasteiger charge is 2.41. The van der Waals surface area contributed by atoms with Gasteiger partial charge in [0.2, 0.25) is 0 Å².